The lowest BCUT2D eigenvalue weighted by atomic mass is 10.2. The number of ether oxygens (including phenoxy) is 1. The van der Waals surface area contributed by atoms with E-state index in [9.17, 15) is 0 Å². The van der Waals surface area contributed by atoms with E-state index in [1.165, 1.54) is 5.69 Å². The van der Waals surface area contributed by atoms with Gasteiger partial charge in [-0.1, -0.05) is 6.07 Å². The zero-order valence-electron chi connectivity index (χ0n) is 9.59. The van der Waals surface area contributed by atoms with Crippen molar-refractivity contribution in [2.45, 2.75) is 19.7 Å². The van der Waals surface area contributed by atoms with E-state index in [-0.39, 0.29) is 0 Å². The van der Waals surface area contributed by atoms with Crippen molar-refractivity contribution in [2.75, 3.05) is 25.1 Å². The Labute approximate surface area is 96.8 Å². The second kappa shape index (κ2) is 5.86. The van der Waals surface area contributed by atoms with Crippen LogP contribution in [0.25, 0.3) is 0 Å². The molecule has 0 unspecified atom stereocenters. The molecule has 0 saturated heterocycles. The van der Waals surface area contributed by atoms with Gasteiger partial charge in [-0.25, -0.2) is 0 Å². The molecular weight excluding hydrogens is 210 g/mol. The van der Waals surface area contributed by atoms with E-state index in [0.717, 1.165) is 24.4 Å². The van der Waals surface area contributed by atoms with Gasteiger partial charge in [-0.3, -0.25) is 0 Å². The molecule has 0 fully saturated rings. The van der Waals surface area contributed by atoms with E-state index >= 15 is 0 Å². The molecule has 0 heterocycles. The SMILES string of the molecule is CCN(CC)c1ccc(CCl)c(OC)c1. The first-order valence-electron chi connectivity index (χ1n) is 5.24. The quantitative estimate of drug-likeness (QED) is 0.716. The van der Waals surface area contributed by atoms with Crippen molar-refractivity contribution in [3.8, 4) is 5.75 Å². The van der Waals surface area contributed by atoms with Crippen molar-refractivity contribution >= 4 is 17.3 Å². The van der Waals surface area contributed by atoms with E-state index in [2.05, 4.69) is 24.8 Å². The number of anilines is 1. The molecule has 0 radical (unpaired) electrons. The number of hydrogen-bond acceptors (Lipinski definition) is 2. The molecular formula is C12H18ClNO. The van der Waals surface area contributed by atoms with Gasteiger partial charge in [-0.2, -0.15) is 0 Å². The summed E-state index contributed by atoms with van der Waals surface area (Å²) >= 11 is 5.82. The minimum Gasteiger partial charge on any atom is -0.496 e. The molecule has 0 aliphatic heterocycles. The van der Waals surface area contributed by atoms with E-state index in [0.29, 0.717) is 5.88 Å². The largest absolute Gasteiger partial charge is 0.496 e. The fourth-order valence-corrected chi connectivity index (χ4v) is 1.85. The smallest absolute Gasteiger partial charge is 0.125 e. The van der Waals surface area contributed by atoms with E-state index < -0.39 is 0 Å². The molecule has 0 saturated carbocycles. The average Bonchev–Trinajstić information content (AvgIpc) is 2.30. The minimum atomic E-state index is 0.488. The van der Waals surface area contributed by atoms with Gasteiger partial charge in [0.1, 0.15) is 5.75 Å². The van der Waals surface area contributed by atoms with Crippen molar-refractivity contribution < 1.29 is 4.74 Å². The van der Waals surface area contributed by atoms with Crippen LogP contribution in [0.5, 0.6) is 5.75 Å². The molecule has 1 aromatic rings. The van der Waals surface area contributed by atoms with Crippen molar-refractivity contribution in [2.24, 2.45) is 0 Å². The third-order valence-corrected chi connectivity index (χ3v) is 2.83. The summed E-state index contributed by atoms with van der Waals surface area (Å²) in [5.74, 6) is 1.36. The number of rotatable bonds is 5. The standard InChI is InChI=1S/C12H18ClNO/c1-4-14(5-2)11-7-6-10(9-13)12(8-11)15-3/h6-8H,4-5,9H2,1-3H3. The Bertz CT molecular complexity index is 310. The maximum atomic E-state index is 5.82. The van der Waals surface area contributed by atoms with Gasteiger partial charge in [-0.05, 0) is 19.9 Å². The van der Waals surface area contributed by atoms with Crippen molar-refractivity contribution in [1.29, 1.82) is 0 Å². The normalized spacial score (nSPS) is 10.1. The number of alkyl halides is 1. The molecule has 15 heavy (non-hydrogen) atoms. The summed E-state index contributed by atoms with van der Waals surface area (Å²) in [7, 11) is 1.68. The van der Waals surface area contributed by atoms with Crippen LogP contribution in [0.1, 0.15) is 19.4 Å². The molecule has 0 aliphatic carbocycles. The molecule has 1 aromatic carbocycles. The first kappa shape index (κ1) is 12.2. The van der Waals surface area contributed by atoms with Gasteiger partial charge in [0.15, 0.2) is 0 Å². The molecule has 3 heteroatoms. The zero-order valence-corrected chi connectivity index (χ0v) is 10.3. The molecule has 0 bridgehead atoms. The van der Waals surface area contributed by atoms with Crippen molar-refractivity contribution in [1.82, 2.24) is 0 Å². The lowest BCUT2D eigenvalue weighted by molar-refractivity contribution is 0.411. The Hall–Kier alpha value is -0.890. The number of hydrogen-bond donors (Lipinski definition) is 0. The van der Waals surface area contributed by atoms with Crippen molar-refractivity contribution in [3.05, 3.63) is 23.8 Å². The Morgan fingerprint density at radius 3 is 2.40 bits per heavy atom. The highest BCUT2D eigenvalue weighted by molar-refractivity contribution is 6.17. The maximum Gasteiger partial charge on any atom is 0.125 e. The highest BCUT2D eigenvalue weighted by Gasteiger charge is 2.06. The molecule has 0 aliphatic rings. The fourth-order valence-electron chi connectivity index (χ4n) is 1.63. The lowest BCUT2D eigenvalue weighted by Gasteiger charge is -2.22. The van der Waals surface area contributed by atoms with Gasteiger partial charge in [0, 0.05) is 30.4 Å². The topological polar surface area (TPSA) is 12.5 Å². The third-order valence-electron chi connectivity index (χ3n) is 2.54. The van der Waals surface area contributed by atoms with Crippen LogP contribution in [0.3, 0.4) is 0 Å². The van der Waals surface area contributed by atoms with Gasteiger partial charge in [0.05, 0.1) is 13.0 Å². The maximum absolute atomic E-state index is 5.82. The number of halogens is 1. The summed E-state index contributed by atoms with van der Waals surface area (Å²) in [4.78, 5) is 2.28. The Balaban J connectivity index is 3.01. The average molecular weight is 228 g/mol. The highest BCUT2D eigenvalue weighted by atomic mass is 35.5. The summed E-state index contributed by atoms with van der Waals surface area (Å²) in [6.45, 7) is 6.29. The van der Waals surface area contributed by atoms with Crippen LogP contribution < -0.4 is 9.64 Å². The van der Waals surface area contributed by atoms with Gasteiger partial charge in [0.25, 0.3) is 0 Å². The van der Waals surface area contributed by atoms with Crippen LogP contribution in [-0.2, 0) is 5.88 Å². The van der Waals surface area contributed by atoms with Crippen molar-refractivity contribution in [3.63, 3.8) is 0 Å². The van der Waals surface area contributed by atoms with E-state index in [1.54, 1.807) is 7.11 Å². The third kappa shape index (κ3) is 2.78. The second-order valence-electron chi connectivity index (χ2n) is 3.30. The van der Waals surface area contributed by atoms with Crippen LogP contribution in [0.2, 0.25) is 0 Å². The molecule has 0 aromatic heterocycles. The molecule has 2 nitrogen and oxygen atoms in total. The lowest BCUT2D eigenvalue weighted by Crippen LogP contribution is -2.21. The molecule has 0 spiro atoms. The number of methoxy groups -OCH3 is 1. The summed E-state index contributed by atoms with van der Waals surface area (Å²) in [5, 5.41) is 0. The van der Waals surface area contributed by atoms with Crippen LogP contribution in [-0.4, -0.2) is 20.2 Å². The Morgan fingerprint density at radius 2 is 1.93 bits per heavy atom. The van der Waals surface area contributed by atoms with Gasteiger partial charge >= 0.3 is 0 Å². The first-order chi connectivity index (χ1) is 7.26. The molecule has 0 amide bonds. The summed E-state index contributed by atoms with van der Waals surface area (Å²) in [6, 6.07) is 6.16. The van der Waals surface area contributed by atoms with E-state index in [4.69, 9.17) is 16.3 Å². The summed E-state index contributed by atoms with van der Waals surface area (Å²) in [6.07, 6.45) is 0. The summed E-state index contributed by atoms with van der Waals surface area (Å²) in [5.41, 5.74) is 2.22. The van der Waals surface area contributed by atoms with Gasteiger partial charge in [0.2, 0.25) is 0 Å². The highest BCUT2D eigenvalue weighted by Crippen LogP contribution is 2.26. The number of benzene rings is 1. The number of nitrogens with zero attached hydrogens (tertiary/aromatic N) is 1. The van der Waals surface area contributed by atoms with Crippen LogP contribution in [0.15, 0.2) is 18.2 Å². The van der Waals surface area contributed by atoms with Gasteiger partial charge < -0.3 is 9.64 Å². The first-order valence-corrected chi connectivity index (χ1v) is 5.78. The van der Waals surface area contributed by atoms with E-state index in [1.807, 2.05) is 12.1 Å². The van der Waals surface area contributed by atoms with Crippen LogP contribution in [0.4, 0.5) is 5.69 Å². The Kier molecular flexibility index (Phi) is 4.76. The minimum absolute atomic E-state index is 0.488. The Morgan fingerprint density at radius 1 is 1.27 bits per heavy atom. The molecule has 0 atom stereocenters. The molecule has 0 N–H and O–H groups in total. The predicted molar refractivity (Wildman–Crippen MR) is 66.1 cm³/mol. The molecule has 84 valence electrons. The second-order valence-corrected chi connectivity index (χ2v) is 3.57. The monoisotopic (exact) mass is 227 g/mol. The van der Waals surface area contributed by atoms with Crippen LogP contribution >= 0.6 is 11.6 Å². The fraction of sp³-hybridized carbons (Fsp3) is 0.500. The zero-order chi connectivity index (χ0) is 11.3. The summed E-state index contributed by atoms with van der Waals surface area (Å²) < 4.78 is 5.30. The molecule has 1 rings (SSSR count). The van der Waals surface area contributed by atoms with Crippen LogP contribution in [0, 0.1) is 0 Å². The van der Waals surface area contributed by atoms with Gasteiger partial charge in [-0.15, -0.1) is 11.6 Å². The predicted octanol–water partition coefficient (Wildman–Crippen LogP) is 3.28.